The predicted octanol–water partition coefficient (Wildman–Crippen LogP) is 2.73. The van der Waals surface area contributed by atoms with Crippen molar-refractivity contribution in [3.8, 4) is 0 Å². The molecule has 0 aliphatic carbocycles. The van der Waals surface area contributed by atoms with Gasteiger partial charge in [0.1, 0.15) is 0 Å². The van der Waals surface area contributed by atoms with E-state index in [0.29, 0.717) is 6.04 Å². The Morgan fingerprint density at radius 3 is 2.38 bits per heavy atom. The van der Waals surface area contributed by atoms with E-state index in [2.05, 4.69) is 36.7 Å². The molecule has 1 unspecified atom stereocenters. The van der Waals surface area contributed by atoms with Crippen LogP contribution < -0.4 is 10.6 Å². The summed E-state index contributed by atoms with van der Waals surface area (Å²) in [7, 11) is 0. The zero-order valence-corrected chi connectivity index (χ0v) is 10.8. The van der Waals surface area contributed by atoms with Crippen LogP contribution in [0.15, 0.2) is 18.3 Å². The van der Waals surface area contributed by atoms with Crippen molar-refractivity contribution in [2.75, 3.05) is 11.4 Å². The largest absolute Gasteiger partial charge is 0.368 e. The molecule has 3 nitrogen and oxygen atoms in total. The van der Waals surface area contributed by atoms with E-state index >= 15 is 0 Å². The van der Waals surface area contributed by atoms with Gasteiger partial charge in [-0.05, 0) is 39.3 Å². The van der Waals surface area contributed by atoms with E-state index in [9.17, 15) is 0 Å². The second-order valence-electron chi connectivity index (χ2n) is 4.27. The van der Waals surface area contributed by atoms with Gasteiger partial charge in [0.15, 0.2) is 0 Å². The van der Waals surface area contributed by atoms with E-state index in [-0.39, 0.29) is 6.04 Å². The smallest absolute Gasteiger partial charge is 0.0569 e. The van der Waals surface area contributed by atoms with Gasteiger partial charge in [-0.2, -0.15) is 0 Å². The highest BCUT2D eigenvalue weighted by molar-refractivity contribution is 5.45. The Labute approximate surface area is 98.7 Å². The zero-order valence-electron chi connectivity index (χ0n) is 10.8. The minimum atomic E-state index is 0.00715. The van der Waals surface area contributed by atoms with Gasteiger partial charge in [0.05, 0.1) is 17.6 Å². The van der Waals surface area contributed by atoms with Crippen LogP contribution >= 0.6 is 0 Å². The summed E-state index contributed by atoms with van der Waals surface area (Å²) in [6.07, 6.45) is 3.07. The first-order valence-electron chi connectivity index (χ1n) is 6.08. The molecule has 2 N–H and O–H groups in total. The normalized spacial score (nSPS) is 14.6. The summed E-state index contributed by atoms with van der Waals surface area (Å²) in [6.45, 7) is 9.58. The fourth-order valence-corrected chi connectivity index (χ4v) is 1.81. The van der Waals surface area contributed by atoms with Crippen LogP contribution in [0.4, 0.5) is 5.69 Å². The van der Waals surface area contributed by atoms with Gasteiger partial charge in [0, 0.05) is 18.6 Å². The molecular formula is C13H23N3. The second-order valence-corrected chi connectivity index (χ2v) is 4.27. The molecule has 0 saturated heterocycles. The van der Waals surface area contributed by atoms with Crippen LogP contribution in [0.1, 0.15) is 45.9 Å². The molecule has 0 aliphatic rings. The molecule has 16 heavy (non-hydrogen) atoms. The molecule has 90 valence electrons. The molecule has 0 spiro atoms. The van der Waals surface area contributed by atoms with Gasteiger partial charge >= 0.3 is 0 Å². The van der Waals surface area contributed by atoms with Crippen molar-refractivity contribution < 1.29 is 0 Å². The Morgan fingerprint density at radius 2 is 2.00 bits per heavy atom. The van der Waals surface area contributed by atoms with E-state index in [1.54, 1.807) is 0 Å². The molecule has 0 saturated carbocycles. The first-order chi connectivity index (χ1) is 7.60. The average Bonchev–Trinajstić information content (AvgIpc) is 2.30. The van der Waals surface area contributed by atoms with E-state index in [0.717, 1.165) is 18.7 Å². The van der Waals surface area contributed by atoms with Gasteiger partial charge in [0.25, 0.3) is 0 Å². The second kappa shape index (κ2) is 5.85. The summed E-state index contributed by atoms with van der Waals surface area (Å²) >= 11 is 0. The lowest BCUT2D eigenvalue weighted by Gasteiger charge is -2.29. The Balaban J connectivity index is 2.86. The number of aromatic nitrogens is 1. The lowest BCUT2D eigenvalue weighted by molar-refractivity contribution is 0.628. The molecule has 0 aromatic carbocycles. The fraction of sp³-hybridized carbons (Fsp3) is 0.615. The maximum Gasteiger partial charge on any atom is 0.0569 e. The Hall–Kier alpha value is -1.09. The van der Waals surface area contributed by atoms with Crippen molar-refractivity contribution in [1.29, 1.82) is 0 Å². The lowest BCUT2D eigenvalue weighted by atomic mass is 10.2. The van der Waals surface area contributed by atoms with Crippen molar-refractivity contribution >= 4 is 5.69 Å². The number of hydrogen-bond acceptors (Lipinski definition) is 3. The van der Waals surface area contributed by atoms with Crippen LogP contribution in [0.5, 0.6) is 0 Å². The van der Waals surface area contributed by atoms with E-state index in [1.165, 1.54) is 5.69 Å². The summed E-state index contributed by atoms with van der Waals surface area (Å²) in [4.78, 5) is 6.76. The molecule has 0 aliphatic heterocycles. The van der Waals surface area contributed by atoms with Gasteiger partial charge < -0.3 is 10.6 Å². The first-order valence-corrected chi connectivity index (χ1v) is 6.08. The Bertz CT molecular complexity index is 305. The van der Waals surface area contributed by atoms with E-state index < -0.39 is 0 Å². The predicted molar refractivity (Wildman–Crippen MR) is 69.6 cm³/mol. The number of rotatable bonds is 5. The maximum atomic E-state index is 5.78. The third kappa shape index (κ3) is 2.95. The van der Waals surface area contributed by atoms with Crippen molar-refractivity contribution in [3.05, 3.63) is 24.0 Å². The zero-order chi connectivity index (χ0) is 12.1. The molecule has 0 fully saturated rings. The van der Waals surface area contributed by atoms with Crippen LogP contribution in [-0.2, 0) is 0 Å². The highest BCUT2D eigenvalue weighted by Crippen LogP contribution is 2.18. The molecule has 1 heterocycles. The minimum absolute atomic E-state index is 0.00715. The topological polar surface area (TPSA) is 42.1 Å². The number of nitrogens with two attached hydrogens (primary N) is 1. The van der Waals surface area contributed by atoms with Crippen molar-refractivity contribution in [2.45, 2.75) is 46.2 Å². The highest BCUT2D eigenvalue weighted by Gasteiger charge is 2.11. The number of pyridine rings is 1. The Kier molecular flexibility index (Phi) is 4.74. The molecule has 1 aromatic heterocycles. The average molecular weight is 221 g/mol. The third-order valence-corrected chi connectivity index (χ3v) is 3.03. The monoisotopic (exact) mass is 221 g/mol. The summed E-state index contributed by atoms with van der Waals surface area (Å²) < 4.78 is 0. The van der Waals surface area contributed by atoms with E-state index in [4.69, 9.17) is 5.73 Å². The van der Waals surface area contributed by atoms with Gasteiger partial charge in [-0.3, -0.25) is 4.98 Å². The molecule has 1 rings (SSSR count). The van der Waals surface area contributed by atoms with Crippen LogP contribution in [0.3, 0.4) is 0 Å². The lowest BCUT2D eigenvalue weighted by Crippen LogP contribution is -2.32. The molecular weight excluding hydrogens is 198 g/mol. The van der Waals surface area contributed by atoms with Crippen LogP contribution in [-0.4, -0.2) is 17.6 Å². The van der Waals surface area contributed by atoms with Crippen LogP contribution in [0, 0.1) is 0 Å². The SMILES string of the molecule is CCC(C)N(CC)c1ccc([C@@H](C)N)nc1. The van der Waals surface area contributed by atoms with Gasteiger partial charge in [-0.1, -0.05) is 6.92 Å². The van der Waals surface area contributed by atoms with E-state index in [1.807, 2.05) is 19.2 Å². The molecule has 1 aromatic rings. The molecule has 0 radical (unpaired) electrons. The number of anilines is 1. The standard InChI is InChI=1S/C13H23N3/c1-5-10(3)16(6-2)12-7-8-13(11(4)14)15-9-12/h7-11H,5-6,14H2,1-4H3/t10?,11-/m1/s1. The van der Waals surface area contributed by atoms with Gasteiger partial charge in [-0.15, -0.1) is 0 Å². The number of nitrogens with zero attached hydrogens (tertiary/aromatic N) is 2. The van der Waals surface area contributed by atoms with Crippen molar-refractivity contribution in [3.63, 3.8) is 0 Å². The van der Waals surface area contributed by atoms with Crippen LogP contribution in [0.25, 0.3) is 0 Å². The number of hydrogen-bond donors (Lipinski definition) is 1. The molecule has 0 amide bonds. The van der Waals surface area contributed by atoms with Crippen LogP contribution in [0.2, 0.25) is 0 Å². The molecule has 0 bridgehead atoms. The third-order valence-electron chi connectivity index (χ3n) is 3.03. The maximum absolute atomic E-state index is 5.78. The van der Waals surface area contributed by atoms with Crippen molar-refractivity contribution in [1.82, 2.24) is 4.98 Å². The summed E-state index contributed by atoms with van der Waals surface area (Å²) in [5.41, 5.74) is 7.91. The molecule has 2 atom stereocenters. The first kappa shape index (κ1) is 13.0. The quantitative estimate of drug-likeness (QED) is 0.831. The Morgan fingerprint density at radius 1 is 1.31 bits per heavy atom. The highest BCUT2D eigenvalue weighted by atomic mass is 15.2. The summed E-state index contributed by atoms with van der Waals surface area (Å²) in [5, 5.41) is 0. The van der Waals surface area contributed by atoms with Gasteiger partial charge in [-0.25, -0.2) is 0 Å². The minimum Gasteiger partial charge on any atom is -0.368 e. The molecule has 3 heteroatoms. The van der Waals surface area contributed by atoms with Crippen molar-refractivity contribution in [2.24, 2.45) is 5.73 Å². The van der Waals surface area contributed by atoms with Gasteiger partial charge in [0.2, 0.25) is 0 Å². The summed E-state index contributed by atoms with van der Waals surface area (Å²) in [5.74, 6) is 0. The summed E-state index contributed by atoms with van der Waals surface area (Å²) in [6, 6.07) is 4.69. The fourth-order valence-electron chi connectivity index (χ4n) is 1.81.